The second kappa shape index (κ2) is 5.49. The maximum Gasteiger partial charge on any atom is 0.311 e. The first kappa shape index (κ1) is 12.4. The molecule has 1 fully saturated rings. The molecule has 0 saturated carbocycles. The molecule has 1 atom stereocenters. The molecule has 1 aliphatic heterocycles. The van der Waals surface area contributed by atoms with Gasteiger partial charge < -0.3 is 9.64 Å². The highest BCUT2D eigenvalue weighted by Gasteiger charge is 2.21. The van der Waals surface area contributed by atoms with E-state index in [9.17, 15) is 4.79 Å². The molecule has 2 heterocycles. The first-order valence-corrected chi connectivity index (χ1v) is 6.86. The van der Waals surface area contributed by atoms with Gasteiger partial charge in [0.25, 0.3) is 0 Å². The van der Waals surface area contributed by atoms with Gasteiger partial charge in [-0.3, -0.25) is 4.79 Å². The number of esters is 1. The Kier molecular flexibility index (Phi) is 3.99. The summed E-state index contributed by atoms with van der Waals surface area (Å²) in [6.07, 6.45) is 4.04. The number of anilines is 1. The molecule has 1 saturated heterocycles. The standard InChI is InChI=1S/C12H18N2O2S/c1-9-5-3-4-6-14(9)12-13-10(8-17-12)7-11(15)16-2/h8-9H,3-7H2,1-2H3. The Labute approximate surface area is 106 Å². The van der Waals surface area contributed by atoms with E-state index in [1.165, 1.54) is 26.4 Å². The van der Waals surface area contributed by atoms with E-state index in [0.29, 0.717) is 6.04 Å². The van der Waals surface area contributed by atoms with E-state index in [0.717, 1.165) is 17.4 Å². The van der Waals surface area contributed by atoms with Crippen molar-refractivity contribution in [2.24, 2.45) is 0 Å². The lowest BCUT2D eigenvalue weighted by molar-refractivity contribution is -0.139. The van der Waals surface area contributed by atoms with Crippen LogP contribution < -0.4 is 4.90 Å². The van der Waals surface area contributed by atoms with Crippen LogP contribution in [0, 0.1) is 0 Å². The Morgan fingerprint density at radius 2 is 2.47 bits per heavy atom. The fourth-order valence-electron chi connectivity index (χ4n) is 2.11. The minimum Gasteiger partial charge on any atom is -0.469 e. The van der Waals surface area contributed by atoms with Gasteiger partial charge in [0, 0.05) is 18.0 Å². The van der Waals surface area contributed by atoms with E-state index in [4.69, 9.17) is 0 Å². The van der Waals surface area contributed by atoms with Crippen molar-refractivity contribution in [1.29, 1.82) is 0 Å². The number of nitrogens with zero attached hydrogens (tertiary/aromatic N) is 2. The number of ether oxygens (including phenoxy) is 1. The first-order valence-electron chi connectivity index (χ1n) is 5.98. The van der Waals surface area contributed by atoms with Gasteiger partial charge in [0.15, 0.2) is 5.13 Å². The topological polar surface area (TPSA) is 42.4 Å². The highest BCUT2D eigenvalue weighted by molar-refractivity contribution is 7.13. The summed E-state index contributed by atoms with van der Waals surface area (Å²) in [4.78, 5) is 18.0. The Balaban J connectivity index is 2.04. The molecule has 0 spiro atoms. The number of thiazole rings is 1. The quantitative estimate of drug-likeness (QED) is 0.776. The molecule has 4 nitrogen and oxygen atoms in total. The first-order chi connectivity index (χ1) is 8.20. The molecule has 94 valence electrons. The predicted molar refractivity (Wildman–Crippen MR) is 68.5 cm³/mol. The summed E-state index contributed by atoms with van der Waals surface area (Å²) in [7, 11) is 1.41. The van der Waals surface area contributed by atoms with Crippen LogP contribution in [0.25, 0.3) is 0 Å². The summed E-state index contributed by atoms with van der Waals surface area (Å²) in [6, 6.07) is 0.556. The average Bonchev–Trinajstić information content (AvgIpc) is 2.78. The van der Waals surface area contributed by atoms with E-state index in [1.807, 2.05) is 5.38 Å². The molecule has 1 unspecified atom stereocenters. The third-order valence-corrected chi connectivity index (χ3v) is 4.07. The van der Waals surface area contributed by atoms with Crippen molar-refractivity contribution in [3.05, 3.63) is 11.1 Å². The van der Waals surface area contributed by atoms with Crippen molar-refractivity contribution >= 4 is 22.4 Å². The zero-order valence-electron chi connectivity index (χ0n) is 10.3. The summed E-state index contributed by atoms with van der Waals surface area (Å²) in [6.45, 7) is 3.31. The summed E-state index contributed by atoms with van der Waals surface area (Å²) in [5.41, 5.74) is 0.814. The third-order valence-electron chi connectivity index (χ3n) is 3.14. The van der Waals surface area contributed by atoms with Gasteiger partial charge in [-0.1, -0.05) is 0 Å². The van der Waals surface area contributed by atoms with Crippen molar-refractivity contribution in [2.75, 3.05) is 18.6 Å². The normalized spacial score (nSPS) is 20.4. The summed E-state index contributed by atoms with van der Waals surface area (Å²) in [5.74, 6) is -0.228. The minimum absolute atomic E-state index is 0.228. The van der Waals surface area contributed by atoms with Gasteiger partial charge in [0.1, 0.15) is 0 Å². The summed E-state index contributed by atoms with van der Waals surface area (Å²) < 4.78 is 4.64. The number of aromatic nitrogens is 1. The maximum atomic E-state index is 11.2. The molecule has 2 rings (SSSR count). The summed E-state index contributed by atoms with van der Waals surface area (Å²) in [5, 5.41) is 2.99. The van der Waals surface area contributed by atoms with Crippen molar-refractivity contribution in [3.8, 4) is 0 Å². The molecule has 0 aliphatic carbocycles. The molecule has 0 radical (unpaired) electrons. The second-order valence-corrected chi connectivity index (χ2v) is 5.25. The molecule has 5 heteroatoms. The Bertz CT molecular complexity index is 392. The zero-order valence-corrected chi connectivity index (χ0v) is 11.1. The van der Waals surface area contributed by atoms with Crippen LogP contribution >= 0.6 is 11.3 Å². The lowest BCUT2D eigenvalue weighted by Crippen LogP contribution is -2.37. The van der Waals surface area contributed by atoms with Crippen LogP contribution in [-0.4, -0.2) is 30.6 Å². The van der Waals surface area contributed by atoms with Gasteiger partial charge in [-0.15, -0.1) is 11.3 Å². The number of carbonyl (C=O) groups is 1. The van der Waals surface area contributed by atoms with E-state index in [-0.39, 0.29) is 12.4 Å². The van der Waals surface area contributed by atoms with Crippen LogP contribution in [0.5, 0.6) is 0 Å². The molecule has 1 aliphatic rings. The van der Waals surface area contributed by atoms with Crippen LogP contribution in [0.1, 0.15) is 31.9 Å². The molecule has 0 N–H and O–H groups in total. The molecule has 0 bridgehead atoms. The number of carbonyl (C=O) groups excluding carboxylic acids is 1. The molecular formula is C12H18N2O2S. The lowest BCUT2D eigenvalue weighted by atomic mass is 10.1. The fraction of sp³-hybridized carbons (Fsp3) is 0.667. The Hall–Kier alpha value is -1.10. The van der Waals surface area contributed by atoms with Crippen molar-refractivity contribution in [3.63, 3.8) is 0 Å². The smallest absolute Gasteiger partial charge is 0.311 e. The minimum atomic E-state index is -0.228. The highest BCUT2D eigenvalue weighted by atomic mass is 32.1. The number of hydrogen-bond donors (Lipinski definition) is 0. The summed E-state index contributed by atoms with van der Waals surface area (Å²) >= 11 is 1.62. The maximum absolute atomic E-state index is 11.2. The van der Waals surface area contributed by atoms with Gasteiger partial charge in [0.05, 0.1) is 19.2 Å². The van der Waals surface area contributed by atoms with Gasteiger partial charge in [-0.05, 0) is 26.2 Å². The van der Waals surface area contributed by atoms with E-state index < -0.39 is 0 Å². The molecule has 17 heavy (non-hydrogen) atoms. The van der Waals surface area contributed by atoms with Gasteiger partial charge in [-0.2, -0.15) is 0 Å². The van der Waals surface area contributed by atoms with E-state index in [2.05, 4.69) is 21.5 Å². The fourth-order valence-corrected chi connectivity index (χ4v) is 3.07. The third kappa shape index (κ3) is 2.97. The average molecular weight is 254 g/mol. The monoisotopic (exact) mass is 254 g/mol. The van der Waals surface area contributed by atoms with E-state index >= 15 is 0 Å². The van der Waals surface area contributed by atoms with Crippen molar-refractivity contribution in [1.82, 2.24) is 4.98 Å². The number of hydrogen-bond acceptors (Lipinski definition) is 5. The van der Waals surface area contributed by atoms with Gasteiger partial charge in [-0.25, -0.2) is 4.98 Å². The number of rotatable bonds is 3. The highest BCUT2D eigenvalue weighted by Crippen LogP contribution is 2.27. The van der Waals surface area contributed by atoms with Crippen LogP contribution in [0.4, 0.5) is 5.13 Å². The Morgan fingerprint density at radius 1 is 1.65 bits per heavy atom. The molecule has 1 aromatic rings. The number of methoxy groups -OCH3 is 1. The molecular weight excluding hydrogens is 236 g/mol. The van der Waals surface area contributed by atoms with E-state index in [1.54, 1.807) is 11.3 Å². The van der Waals surface area contributed by atoms with Crippen LogP contribution in [0.15, 0.2) is 5.38 Å². The molecule has 0 amide bonds. The van der Waals surface area contributed by atoms with Crippen molar-refractivity contribution in [2.45, 2.75) is 38.6 Å². The second-order valence-electron chi connectivity index (χ2n) is 4.41. The van der Waals surface area contributed by atoms with Crippen LogP contribution in [0.2, 0.25) is 0 Å². The predicted octanol–water partition coefficient (Wildman–Crippen LogP) is 2.24. The van der Waals surface area contributed by atoms with Gasteiger partial charge in [0.2, 0.25) is 0 Å². The zero-order chi connectivity index (χ0) is 12.3. The largest absolute Gasteiger partial charge is 0.469 e. The van der Waals surface area contributed by atoms with Gasteiger partial charge >= 0.3 is 5.97 Å². The van der Waals surface area contributed by atoms with Crippen LogP contribution in [0.3, 0.4) is 0 Å². The van der Waals surface area contributed by atoms with Crippen molar-refractivity contribution < 1.29 is 9.53 Å². The molecule has 0 aromatic carbocycles. The van der Waals surface area contributed by atoms with Crippen LogP contribution in [-0.2, 0) is 16.0 Å². The lowest BCUT2D eigenvalue weighted by Gasteiger charge is -2.33. The number of piperidine rings is 1. The molecule has 1 aromatic heterocycles. The Morgan fingerprint density at radius 3 is 3.18 bits per heavy atom. The SMILES string of the molecule is COC(=O)Cc1csc(N2CCCCC2C)n1.